The average Bonchev–Trinajstić information content (AvgIpc) is 2.26. The second kappa shape index (κ2) is 5.81. The summed E-state index contributed by atoms with van der Waals surface area (Å²) in [5.41, 5.74) is 1.17. The maximum atomic E-state index is 11.0. The Morgan fingerprint density at radius 2 is 2.00 bits per heavy atom. The van der Waals surface area contributed by atoms with Gasteiger partial charge in [0.15, 0.2) is 0 Å². The molecule has 3 heteroatoms. The first-order chi connectivity index (χ1) is 6.76. The molecule has 1 rings (SSSR count). The van der Waals surface area contributed by atoms with E-state index in [-0.39, 0.29) is 5.78 Å². The molecule has 76 valence electrons. The Hall–Kier alpha value is -0.830. The van der Waals surface area contributed by atoms with Crippen LogP contribution in [0, 0.1) is 0 Å². The van der Waals surface area contributed by atoms with Crippen molar-refractivity contribution < 1.29 is 9.53 Å². The summed E-state index contributed by atoms with van der Waals surface area (Å²) in [5.74, 6) is 1.08. The Morgan fingerprint density at radius 1 is 1.36 bits per heavy atom. The van der Waals surface area contributed by atoms with Crippen molar-refractivity contribution >= 4 is 21.7 Å². The maximum Gasteiger partial charge on any atom is 0.143 e. The Morgan fingerprint density at radius 3 is 2.50 bits per heavy atom. The Kier molecular flexibility index (Phi) is 4.66. The molecule has 0 fully saturated rings. The lowest BCUT2D eigenvalue weighted by Gasteiger charge is -2.02. The van der Waals surface area contributed by atoms with E-state index in [4.69, 9.17) is 4.74 Å². The SMILES string of the molecule is COc1ccc(CCC(=O)CBr)cc1. The highest BCUT2D eigenvalue weighted by atomic mass is 79.9. The highest BCUT2D eigenvalue weighted by molar-refractivity contribution is 9.09. The molecule has 0 aromatic heterocycles. The van der Waals surface area contributed by atoms with Crippen molar-refractivity contribution in [3.8, 4) is 5.75 Å². The molecule has 0 spiro atoms. The zero-order chi connectivity index (χ0) is 10.4. The normalized spacial score (nSPS) is 9.86. The van der Waals surface area contributed by atoms with Crippen LogP contribution in [0.5, 0.6) is 5.75 Å². The summed E-state index contributed by atoms with van der Waals surface area (Å²) in [5, 5.41) is 0.448. The molecule has 0 heterocycles. The van der Waals surface area contributed by atoms with E-state index in [0.717, 1.165) is 12.2 Å². The number of carbonyl (C=O) groups excluding carboxylic acids is 1. The molecule has 1 aromatic carbocycles. The largest absolute Gasteiger partial charge is 0.497 e. The van der Waals surface area contributed by atoms with Crippen LogP contribution in [0.15, 0.2) is 24.3 Å². The smallest absolute Gasteiger partial charge is 0.143 e. The number of hydrogen-bond acceptors (Lipinski definition) is 2. The van der Waals surface area contributed by atoms with Gasteiger partial charge in [0, 0.05) is 6.42 Å². The topological polar surface area (TPSA) is 26.3 Å². The average molecular weight is 257 g/mol. The van der Waals surface area contributed by atoms with Gasteiger partial charge >= 0.3 is 0 Å². The van der Waals surface area contributed by atoms with Crippen molar-refractivity contribution in [3.63, 3.8) is 0 Å². The van der Waals surface area contributed by atoms with Gasteiger partial charge in [0.25, 0.3) is 0 Å². The van der Waals surface area contributed by atoms with Gasteiger partial charge in [-0.25, -0.2) is 0 Å². The third-order valence-electron chi connectivity index (χ3n) is 2.00. The van der Waals surface area contributed by atoms with Gasteiger partial charge in [-0.05, 0) is 24.1 Å². The van der Waals surface area contributed by atoms with Crippen LogP contribution >= 0.6 is 15.9 Å². The quantitative estimate of drug-likeness (QED) is 0.758. The number of hydrogen-bond donors (Lipinski definition) is 0. The molecular weight excluding hydrogens is 244 g/mol. The van der Waals surface area contributed by atoms with Gasteiger partial charge < -0.3 is 4.74 Å². The molecule has 0 radical (unpaired) electrons. The van der Waals surface area contributed by atoms with Gasteiger partial charge in [0.2, 0.25) is 0 Å². The molecule has 0 bridgehead atoms. The first-order valence-corrected chi connectivity index (χ1v) is 5.59. The van der Waals surface area contributed by atoms with Crippen molar-refractivity contribution in [3.05, 3.63) is 29.8 Å². The van der Waals surface area contributed by atoms with E-state index >= 15 is 0 Å². The number of ketones is 1. The van der Waals surface area contributed by atoms with E-state index in [0.29, 0.717) is 11.8 Å². The van der Waals surface area contributed by atoms with Gasteiger partial charge in [0.05, 0.1) is 12.4 Å². The molecule has 0 saturated carbocycles. The van der Waals surface area contributed by atoms with Crippen molar-refractivity contribution in [1.82, 2.24) is 0 Å². The van der Waals surface area contributed by atoms with Crippen molar-refractivity contribution in [2.24, 2.45) is 0 Å². The second-order valence-electron chi connectivity index (χ2n) is 3.02. The fourth-order valence-electron chi connectivity index (χ4n) is 1.14. The van der Waals surface area contributed by atoms with E-state index in [9.17, 15) is 4.79 Å². The monoisotopic (exact) mass is 256 g/mol. The molecule has 0 aliphatic carbocycles. The second-order valence-corrected chi connectivity index (χ2v) is 3.58. The number of methoxy groups -OCH3 is 1. The molecule has 1 aromatic rings. The minimum Gasteiger partial charge on any atom is -0.497 e. The Labute approximate surface area is 92.4 Å². The van der Waals surface area contributed by atoms with Crippen LogP contribution in [0.3, 0.4) is 0 Å². The molecule has 0 unspecified atom stereocenters. The fraction of sp³-hybridized carbons (Fsp3) is 0.364. The van der Waals surface area contributed by atoms with Gasteiger partial charge in [-0.2, -0.15) is 0 Å². The van der Waals surface area contributed by atoms with Crippen LogP contribution in [0.25, 0.3) is 0 Å². The van der Waals surface area contributed by atoms with Crippen LogP contribution in [0.1, 0.15) is 12.0 Å². The maximum absolute atomic E-state index is 11.0. The van der Waals surface area contributed by atoms with E-state index < -0.39 is 0 Å². The molecule has 14 heavy (non-hydrogen) atoms. The van der Waals surface area contributed by atoms with E-state index in [1.165, 1.54) is 5.56 Å². The fourth-order valence-corrected chi connectivity index (χ4v) is 1.42. The Bertz CT molecular complexity index is 293. The first kappa shape index (κ1) is 11.2. The molecule has 0 saturated heterocycles. The van der Waals surface area contributed by atoms with Crippen LogP contribution in [0.4, 0.5) is 0 Å². The van der Waals surface area contributed by atoms with Crippen LogP contribution in [-0.4, -0.2) is 18.2 Å². The van der Waals surface area contributed by atoms with Gasteiger partial charge in [-0.3, -0.25) is 4.79 Å². The predicted octanol–water partition coefficient (Wildman–Crippen LogP) is 2.59. The zero-order valence-corrected chi connectivity index (χ0v) is 9.71. The lowest BCUT2D eigenvalue weighted by Crippen LogP contribution is -2.00. The van der Waals surface area contributed by atoms with Crippen molar-refractivity contribution in [1.29, 1.82) is 0 Å². The summed E-state index contributed by atoms with van der Waals surface area (Å²) in [7, 11) is 1.64. The summed E-state index contributed by atoms with van der Waals surface area (Å²) in [4.78, 5) is 11.0. The van der Waals surface area contributed by atoms with E-state index in [1.54, 1.807) is 7.11 Å². The summed E-state index contributed by atoms with van der Waals surface area (Å²) >= 11 is 3.14. The van der Waals surface area contributed by atoms with Gasteiger partial charge in [-0.15, -0.1) is 0 Å². The first-order valence-electron chi connectivity index (χ1n) is 4.47. The number of halogens is 1. The third-order valence-corrected chi connectivity index (χ3v) is 2.63. The lowest BCUT2D eigenvalue weighted by atomic mass is 10.1. The summed E-state index contributed by atoms with van der Waals surface area (Å²) in [6.45, 7) is 0. The van der Waals surface area contributed by atoms with E-state index in [1.807, 2.05) is 24.3 Å². The number of carbonyl (C=O) groups is 1. The lowest BCUT2D eigenvalue weighted by molar-refractivity contribution is -0.116. The number of rotatable bonds is 5. The van der Waals surface area contributed by atoms with Crippen molar-refractivity contribution in [2.75, 3.05) is 12.4 Å². The number of Topliss-reactive ketones (excluding diaryl/α,β-unsaturated/α-hetero) is 1. The van der Waals surface area contributed by atoms with E-state index in [2.05, 4.69) is 15.9 Å². The molecule has 0 atom stereocenters. The number of ether oxygens (including phenoxy) is 1. The van der Waals surface area contributed by atoms with Crippen LogP contribution < -0.4 is 4.74 Å². The molecule has 0 aliphatic rings. The number of aryl methyl sites for hydroxylation is 1. The molecule has 0 aliphatic heterocycles. The Balaban J connectivity index is 2.47. The number of benzene rings is 1. The minimum atomic E-state index is 0.237. The minimum absolute atomic E-state index is 0.237. The summed E-state index contributed by atoms with van der Waals surface area (Å²) < 4.78 is 5.04. The third kappa shape index (κ3) is 3.50. The summed E-state index contributed by atoms with van der Waals surface area (Å²) in [6.07, 6.45) is 1.39. The zero-order valence-electron chi connectivity index (χ0n) is 8.13. The highest BCUT2D eigenvalue weighted by Gasteiger charge is 2.00. The molecular formula is C11H13BrO2. The summed E-state index contributed by atoms with van der Waals surface area (Å²) in [6, 6.07) is 7.79. The molecule has 0 N–H and O–H groups in total. The predicted molar refractivity (Wildman–Crippen MR) is 60.1 cm³/mol. The van der Waals surface area contributed by atoms with Crippen LogP contribution in [0.2, 0.25) is 0 Å². The van der Waals surface area contributed by atoms with Gasteiger partial charge in [0.1, 0.15) is 11.5 Å². The number of alkyl halides is 1. The van der Waals surface area contributed by atoms with Crippen molar-refractivity contribution in [2.45, 2.75) is 12.8 Å². The highest BCUT2D eigenvalue weighted by Crippen LogP contribution is 2.12. The standard InChI is InChI=1S/C11H13BrO2/c1-14-11-6-3-9(4-7-11)2-5-10(13)8-12/h3-4,6-7H,2,5,8H2,1H3. The van der Waals surface area contributed by atoms with Crippen LogP contribution in [-0.2, 0) is 11.2 Å². The van der Waals surface area contributed by atoms with Gasteiger partial charge in [-0.1, -0.05) is 28.1 Å². The molecule has 0 amide bonds. The molecule has 2 nitrogen and oxygen atoms in total.